The lowest BCUT2D eigenvalue weighted by atomic mass is 10.0. The maximum atomic E-state index is 5.68. The quantitative estimate of drug-likeness (QED) is 0.310. The predicted octanol–water partition coefficient (Wildman–Crippen LogP) is 3.59. The summed E-state index contributed by atoms with van der Waals surface area (Å²) in [6, 6.07) is 8.68. The van der Waals surface area contributed by atoms with Gasteiger partial charge in [0, 0.05) is 38.4 Å². The van der Waals surface area contributed by atoms with E-state index < -0.39 is 0 Å². The summed E-state index contributed by atoms with van der Waals surface area (Å²) in [6.07, 6.45) is 6.17. The highest BCUT2D eigenvalue weighted by Gasteiger charge is 2.42. The third-order valence-electron chi connectivity index (χ3n) is 6.40. The van der Waals surface area contributed by atoms with Gasteiger partial charge in [0.25, 0.3) is 0 Å². The fraction of sp³-hybridized carbons (Fsp3) is 0.708. The van der Waals surface area contributed by atoms with Crippen molar-refractivity contribution < 1.29 is 9.47 Å². The summed E-state index contributed by atoms with van der Waals surface area (Å²) in [5.74, 6) is 1.88. The summed E-state index contributed by atoms with van der Waals surface area (Å²) in [4.78, 5) is 7.52. The number of benzene rings is 1. The van der Waals surface area contributed by atoms with Gasteiger partial charge in [-0.2, -0.15) is 0 Å². The molecule has 1 heterocycles. The first-order valence-corrected chi connectivity index (χ1v) is 11.7. The van der Waals surface area contributed by atoms with Gasteiger partial charge in [-0.3, -0.25) is 9.89 Å². The van der Waals surface area contributed by atoms with Crippen LogP contribution in [0.3, 0.4) is 0 Å². The van der Waals surface area contributed by atoms with Crippen LogP contribution in [0.4, 0.5) is 0 Å². The van der Waals surface area contributed by atoms with Gasteiger partial charge in [0.2, 0.25) is 0 Å². The summed E-state index contributed by atoms with van der Waals surface area (Å²) < 4.78 is 11.2. The molecule has 1 unspecified atom stereocenters. The van der Waals surface area contributed by atoms with E-state index in [1.807, 2.05) is 6.07 Å². The molecule has 1 aliphatic heterocycles. The van der Waals surface area contributed by atoms with Crippen molar-refractivity contribution in [1.29, 1.82) is 0 Å². The van der Waals surface area contributed by atoms with Crippen molar-refractivity contribution in [2.75, 3.05) is 53.0 Å². The van der Waals surface area contributed by atoms with E-state index in [9.17, 15) is 0 Å². The van der Waals surface area contributed by atoms with Crippen molar-refractivity contribution in [2.24, 2.45) is 10.4 Å². The van der Waals surface area contributed by atoms with Gasteiger partial charge < -0.3 is 20.1 Å². The van der Waals surface area contributed by atoms with Crippen molar-refractivity contribution in [2.45, 2.75) is 52.0 Å². The van der Waals surface area contributed by atoms with Crippen LogP contribution in [0.5, 0.6) is 5.75 Å². The van der Waals surface area contributed by atoms with E-state index >= 15 is 0 Å². The third kappa shape index (κ3) is 6.35. The zero-order valence-electron chi connectivity index (χ0n) is 19.1. The van der Waals surface area contributed by atoms with E-state index in [2.05, 4.69) is 47.6 Å². The van der Waals surface area contributed by atoms with Gasteiger partial charge in [-0.1, -0.05) is 18.2 Å². The molecule has 1 saturated heterocycles. The minimum Gasteiger partial charge on any atom is -0.496 e. The number of nitrogens with zero attached hydrogens (tertiary/aromatic N) is 2. The molecule has 3 rings (SSSR count). The number of rotatable bonds is 12. The molecule has 0 bridgehead atoms. The average molecular weight is 417 g/mol. The monoisotopic (exact) mass is 416 g/mol. The number of hydrogen-bond donors (Lipinski definition) is 2. The molecule has 6 nitrogen and oxygen atoms in total. The van der Waals surface area contributed by atoms with Crippen molar-refractivity contribution in [3.05, 3.63) is 29.8 Å². The Labute approximate surface area is 182 Å². The highest BCUT2D eigenvalue weighted by molar-refractivity contribution is 5.79. The van der Waals surface area contributed by atoms with Crippen molar-refractivity contribution in [3.8, 4) is 5.75 Å². The molecule has 1 atom stereocenters. The van der Waals surface area contributed by atoms with Crippen LogP contribution < -0.4 is 15.4 Å². The molecule has 1 aromatic carbocycles. The molecule has 0 aromatic heterocycles. The Morgan fingerprint density at radius 3 is 2.60 bits per heavy atom. The third-order valence-corrected chi connectivity index (χ3v) is 6.40. The van der Waals surface area contributed by atoms with Gasteiger partial charge in [0.05, 0.1) is 13.2 Å². The Morgan fingerprint density at radius 1 is 1.17 bits per heavy atom. The smallest absolute Gasteiger partial charge is 0.191 e. The first-order valence-electron chi connectivity index (χ1n) is 11.7. The van der Waals surface area contributed by atoms with Crippen molar-refractivity contribution >= 4 is 5.96 Å². The minimum atomic E-state index is 0.278. The number of hydrogen-bond acceptors (Lipinski definition) is 4. The topological polar surface area (TPSA) is 58.1 Å². The molecule has 1 saturated carbocycles. The van der Waals surface area contributed by atoms with Crippen LogP contribution in [0.25, 0.3) is 0 Å². The fourth-order valence-corrected chi connectivity index (χ4v) is 4.31. The molecule has 1 aromatic rings. The SMILES string of the molecule is CCNC(=NCC1(CCOCC)CC1)NCC(c1ccccc1OC)N1CCCC1. The number of aliphatic imine (C=N–C) groups is 1. The van der Waals surface area contributed by atoms with Gasteiger partial charge in [-0.25, -0.2) is 0 Å². The number of guanidine groups is 1. The summed E-state index contributed by atoms with van der Waals surface area (Å²) in [7, 11) is 1.76. The molecule has 1 aliphatic carbocycles. The van der Waals surface area contributed by atoms with Crippen molar-refractivity contribution in [1.82, 2.24) is 15.5 Å². The van der Waals surface area contributed by atoms with E-state index in [-0.39, 0.29) is 6.04 Å². The van der Waals surface area contributed by atoms with Gasteiger partial charge in [0.1, 0.15) is 5.75 Å². The Kier molecular flexibility index (Phi) is 8.82. The Hall–Kier alpha value is -1.79. The lowest BCUT2D eigenvalue weighted by Gasteiger charge is -2.30. The number of para-hydroxylation sites is 1. The van der Waals surface area contributed by atoms with Gasteiger partial charge in [-0.05, 0) is 70.5 Å². The van der Waals surface area contributed by atoms with E-state index in [0.29, 0.717) is 5.41 Å². The standard InChI is InChI=1S/C24H40N4O2/c1-4-25-23(27-19-24(12-13-24)14-17-30-5-2)26-18-21(28-15-8-9-16-28)20-10-6-7-11-22(20)29-3/h6-7,10-11,21H,4-5,8-9,12-19H2,1-3H3,(H2,25,26,27). The van der Waals surface area contributed by atoms with Gasteiger partial charge in [0.15, 0.2) is 5.96 Å². The van der Waals surface area contributed by atoms with Crippen LogP contribution in [0, 0.1) is 5.41 Å². The average Bonchev–Trinajstić information content (AvgIpc) is 3.33. The number of likely N-dealkylation sites (tertiary alicyclic amines) is 1. The first-order chi connectivity index (χ1) is 14.7. The lowest BCUT2D eigenvalue weighted by molar-refractivity contribution is 0.129. The number of methoxy groups -OCH3 is 1. The van der Waals surface area contributed by atoms with Crippen LogP contribution in [-0.4, -0.2) is 63.9 Å². The number of nitrogens with one attached hydrogen (secondary N) is 2. The Morgan fingerprint density at radius 2 is 1.93 bits per heavy atom. The zero-order chi connectivity index (χ0) is 21.2. The molecular weight excluding hydrogens is 376 g/mol. The maximum Gasteiger partial charge on any atom is 0.191 e. The maximum absolute atomic E-state index is 5.68. The van der Waals surface area contributed by atoms with Crippen LogP contribution in [0.2, 0.25) is 0 Å². The van der Waals surface area contributed by atoms with E-state index in [1.165, 1.54) is 31.2 Å². The minimum absolute atomic E-state index is 0.278. The lowest BCUT2D eigenvalue weighted by Crippen LogP contribution is -2.43. The summed E-state index contributed by atoms with van der Waals surface area (Å²) in [5.41, 5.74) is 1.61. The number of ether oxygens (including phenoxy) is 2. The second kappa shape index (κ2) is 11.6. The molecule has 0 amide bonds. The second-order valence-corrected chi connectivity index (χ2v) is 8.52. The second-order valence-electron chi connectivity index (χ2n) is 8.52. The molecule has 2 aliphatic rings. The largest absolute Gasteiger partial charge is 0.496 e. The molecule has 30 heavy (non-hydrogen) atoms. The van der Waals surface area contributed by atoms with Crippen LogP contribution in [-0.2, 0) is 4.74 Å². The summed E-state index contributed by atoms with van der Waals surface area (Å²) >= 11 is 0. The summed E-state index contributed by atoms with van der Waals surface area (Å²) in [6.45, 7) is 10.7. The van der Waals surface area contributed by atoms with Crippen LogP contribution in [0.15, 0.2) is 29.3 Å². The summed E-state index contributed by atoms with van der Waals surface area (Å²) in [5, 5.41) is 7.06. The van der Waals surface area contributed by atoms with Crippen molar-refractivity contribution in [3.63, 3.8) is 0 Å². The molecule has 2 N–H and O–H groups in total. The first kappa shape index (κ1) is 22.9. The molecule has 0 radical (unpaired) electrons. The Balaban J connectivity index is 1.65. The van der Waals surface area contributed by atoms with Gasteiger partial charge in [-0.15, -0.1) is 0 Å². The highest BCUT2D eigenvalue weighted by atomic mass is 16.5. The zero-order valence-corrected chi connectivity index (χ0v) is 19.1. The van der Waals surface area contributed by atoms with Crippen LogP contribution >= 0.6 is 0 Å². The van der Waals surface area contributed by atoms with E-state index in [0.717, 1.165) is 64.1 Å². The molecular formula is C24H40N4O2. The van der Waals surface area contributed by atoms with E-state index in [1.54, 1.807) is 7.11 Å². The molecule has 6 heteroatoms. The fourth-order valence-electron chi connectivity index (χ4n) is 4.31. The molecule has 0 spiro atoms. The molecule has 168 valence electrons. The molecule has 2 fully saturated rings. The highest BCUT2D eigenvalue weighted by Crippen LogP contribution is 2.49. The van der Waals surface area contributed by atoms with Gasteiger partial charge >= 0.3 is 0 Å². The Bertz CT molecular complexity index is 669. The van der Waals surface area contributed by atoms with E-state index in [4.69, 9.17) is 14.5 Å². The predicted molar refractivity (Wildman–Crippen MR) is 123 cm³/mol. The normalized spacial score (nSPS) is 19.5. The van der Waals surface area contributed by atoms with Crippen LogP contribution in [0.1, 0.15) is 57.6 Å².